The highest BCUT2D eigenvalue weighted by atomic mass is 35.5. The topological polar surface area (TPSA) is 86.0 Å². The zero-order chi connectivity index (χ0) is 18.0. The molecule has 1 aromatic rings. The highest BCUT2D eigenvalue weighted by Crippen LogP contribution is 2.33. The minimum Gasteiger partial charge on any atom is -0.296 e. The third-order valence-electron chi connectivity index (χ3n) is 3.50. The summed E-state index contributed by atoms with van der Waals surface area (Å²) in [5.74, 6) is 5.94. The average Bonchev–Trinajstić information content (AvgIpc) is 2.97. The molecule has 10 heteroatoms. The van der Waals surface area contributed by atoms with Gasteiger partial charge in [0.05, 0.1) is 17.2 Å². The van der Waals surface area contributed by atoms with Gasteiger partial charge in [0.15, 0.2) is 5.82 Å². The first-order valence-corrected chi connectivity index (χ1v) is 9.08. The van der Waals surface area contributed by atoms with Crippen molar-refractivity contribution in [2.45, 2.75) is 13.5 Å². The molecule has 0 aromatic heterocycles. The minimum absolute atomic E-state index is 0.211. The van der Waals surface area contributed by atoms with Gasteiger partial charge in [0.2, 0.25) is 5.91 Å². The summed E-state index contributed by atoms with van der Waals surface area (Å²) in [5.41, 5.74) is 7.17. The van der Waals surface area contributed by atoms with Crippen LogP contribution in [-0.4, -0.2) is 28.0 Å². The highest BCUT2D eigenvalue weighted by molar-refractivity contribution is 8.03. The van der Waals surface area contributed by atoms with Crippen LogP contribution in [-0.2, 0) is 11.3 Å². The van der Waals surface area contributed by atoms with Gasteiger partial charge in [-0.25, -0.2) is 15.9 Å². The van der Waals surface area contributed by atoms with E-state index in [9.17, 15) is 4.79 Å². The Labute approximate surface area is 159 Å². The lowest BCUT2D eigenvalue weighted by Gasteiger charge is -2.29. The fourth-order valence-electron chi connectivity index (χ4n) is 2.38. The number of hydrazine groups is 2. The predicted molar refractivity (Wildman–Crippen MR) is 101 cm³/mol. The van der Waals surface area contributed by atoms with Gasteiger partial charge < -0.3 is 0 Å². The van der Waals surface area contributed by atoms with Crippen molar-refractivity contribution in [2.75, 3.05) is 5.75 Å². The number of nitrogens with one attached hydrogen (secondary N) is 2. The van der Waals surface area contributed by atoms with Gasteiger partial charge in [0.25, 0.3) is 0 Å². The third kappa shape index (κ3) is 4.04. The van der Waals surface area contributed by atoms with Gasteiger partial charge in [-0.2, -0.15) is 5.10 Å². The van der Waals surface area contributed by atoms with Crippen molar-refractivity contribution >= 4 is 47.2 Å². The number of nitrogens with zero attached hydrogens (tertiary/aromatic N) is 3. The highest BCUT2D eigenvalue weighted by Gasteiger charge is 2.29. The standard InChI is InChI=1S/C15H16Cl2N6OS/c1-9-4-13(25-7-14(24)20-18)15-22(19-8-23(15)21-9)6-10-2-3-11(16)5-12(10)17/h2-5,8,21H,6-7,18H2,1H3,(H,20,24). The molecule has 0 radical (unpaired) electrons. The molecular weight excluding hydrogens is 383 g/mol. The van der Waals surface area contributed by atoms with Crippen molar-refractivity contribution in [2.24, 2.45) is 10.9 Å². The molecule has 0 unspecified atom stereocenters. The van der Waals surface area contributed by atoms with Crippen LogP contribution in [0.3, 0.4) is 0 Å². The molecule has 4 N–H and O–H groups in total. The Bertz CT molecular complexity index is 794. The summed E-state index contributed by atoms with van der Waals surface area (Å²) in [4.78, 5) is 12.4. The van der Waals surface area contributed by atoms with Gasteiger partial charge in [-0.1, -0.05) is 29.3 Å². The normalized spacial score (nSPS) is 15.9. The fourth-order valence-corrected chi connectivity index (χ4v) is 3.81. The number of thioether (sulfide) groups is 1. The number of allylic oxidation sites excluding steroid dienone is 2. The van der Waals surface area contributed by atoms with E-state index < -0.39 is 0 Å². The second kappa shape index (κ2) is 7.57. The molecule has 0 saturated carbocycles. The van der Waals surface area contributed by atoms with E-state index in [4.69, 9.17) is 29.0 Å². The lowest BCUT2D eigenvalue weighted by atomic mass is 10.2. The molecule has 0 bridgehead atoms. The number of amides is 1. The summed E-state index contributed by atoms with van der Waals surface area (Å²) < 4.78 is 0. The summed E-state index contributed by atoms with van der Waals surface area (Å²) in [7, 11) is 0. The molecule has 132 valence electrons. The number of nitrogens with two attached hydrogens (primary N) is 1. The first-order valence-electron chi connectivity index (χ1n) is 7.34. The molecule has 2 aliphatic heterocycles. The van der Waals surface area contributed by atoms with E-state index in [1.54, 1.807) is 18.5 Å². The van der Waals surface area contributed by atoms with Crippen LogP contribution in [0.4, 0.5) is 0 Å². The largest absolute Gasteiger partial charge is 0.296 e. The number of halogens is 2. The van der Waals surface area contributed by atoms with E-state index in [0.29, 0.717) is 16.6 Å². The maximum absolute atomic E-state index is 11.5. The Hall–Kier alpha value is -1.87. The average molecular weight is 399 g/mol. The van der Waals surface area contributed by atoms with E-state index in [-0.39, 0.29) is 11.7 Å². The first kappa shape index (κ1) is 17.9. The molecule has 1 aromatic carbocycles. The van der Waals surface area contributed by atoms with Gasteiger partial charge in [-0.15, -0.1) is 11.8 Å². The van der Waals surface area contributed by atoms with Gasteiger partial charge in [0, 0.05) is 15.7 Å². The molecule has 25 heavy (non-hydrogen) atoms. The second-order valence-corrected chi connectivity index (χ2v) is 7.24. The molecule has 7 nitrogen and oxygen atoms in total. The predicted octanol–water partition coefficient (Wildman–Crippen LogP) is 2.37. The van der Waals surface area contributed by atoms with E-state index in [0.717, 1.165) is 22.0 Å². The lowest BCUT2D eigenvalue weighted by molar-refractivity contribution is -0.118. The number of hydrogen-bond donors (Lipinski definition) is 3. The van der Waals surface area contributed by atoms with Crippen LogP contribution in [0.5, 0.6) is 0 Å². The summed E-state index contributed by atoms with van der Waals surface area (Å²) in [6, 6.07) is 5.36. The van der Waals surface area contributed by atoms with Crippen LogP contribution < -0.4 is 16.7 Å². The number of rotatable bonds is 5. The molecule has 0 fully saturated rings. The maximum Gasteiger partial charge on any atom is 0.244 e. The number of fused-ring (bicyclic) bond motifs is 1. The van der Waals surface area contributed by atoms with Crippen LogP contribution in [0.15, 0.2) is 45.8 Å². The van der Waals surface area contributed by atoms with Crippen molar-refractivity contribution < 1.29 is 4.79 Å². The number of benzene rings is 1. The minimum atomic E-state index is -0.250. The molecular formula is C15H16Cl2N6OS. The van der Waals surface area contributed by atoms with Crippen molar-refractivity contribution in [3.8, 4) is 0 Å². The number of hydrazone groups is 1. The third-order valence-corrected chi connectivity index (χ3v) is 5.10. The summed E-state index contributed by atoms with van der Waals surface area (Å²) in [6.07, 6.45) is 3.64. The molecule has 0 aliphatic carbocycles. The molecule has 0 atom stereocenters. The number of carbonyl (C=O) groups is 1. The van der Waals surface area contributed by atoms with Gasteiger partial charge in [-0.3, -0.25) is 15.6 Å². The lowest BCUT2D eigenvalue weighted by Crippen LogP contribution is -2.38. The van der Waals surface area contributed by atoms with E-state index in [1.807, 2.05) is 29.1 Å². The zero-order valence-corrected chi connectivity index (χ0v) is 15.6. The van der Waals surface area contributed by atoms with Crippen LogP contribution in [0, 0.1) is 0 Å². The molecule has 0 spiro atoms. The van der Waals surface area contributed by atoms with Crippen molar-refractivity contribution in [1.82, 2.24) is 20.9 Å². The summed E-state index contributed by atoms with van der Waals surface area (Å²) in [6.45, 7) is 2.41. The Balaban J connectivity index is 1.86. The van der Waals surface area contributed by atoms with Crippen molar-refractivity contribution in [3.05, 3.63) is 56.3 Å². The van der Waals surface area contributed by atoms with Crippen molar-refractivity contribution in [3.63, 3.8) is 0 Å². The molecule has 2 heterocycles. The quantitative estimate of drug-likeness (QED) is 0.401. The maximum atomic E-state index is 11.5. The molecule has 2 aliphatic rings. The zero-order valence-electron chi connectivity index (χ0n) is 13.3. The van der Waals surface area contributed by atoms with Crippen molar-refractivity contribution in [1.29, 1.82) is 0 Å². The Morgan fingerprint density at radius 2 is 2.24 bits per heavy atom. The van der Waals surface area contributed by atoms with Gasteiger partial charge in [0.1, 0.15) is 6.34 Å². The Kier molecular flexibility index (Phi) is 5.43. The fraction of sp³-hybridized carbons (Fsp3) is 0.200. The summed E-state index contributed by atoms with van der Waals surface area (Å²) >= 11 is 13.6. The van der Waals surface area contributed by atoms with Crippen LogP contribution in [0.25, 0.3) is 0 Å². The Morgan fingerprint density at radius 1 is 1.44 bits per heavy atom. The number of hydrogen-bond acceptors (Lipinski definition) is 7. The molecule has 3 rings (SSSR count). The van der Waals surface area contributed by atoms with E-state index >= 15 is 0 Å². The Morgan fingerprint density at radius 3 is 2.96 bits per heavy atom. The van der Waals surface area contributed by atoms with Gasteiger partial charge in [-0.05, 0) is 30.7 Å². The molecule has 1 amide bonds. The number of carbonyl (C=O) groups excluding carboxylic acids is 1. The first-order chi connectivity index (χ1) is 12.0. The SMILES string of the molecule is CC1=CC(SCC(=O)NN)=C2N(Cc3ccc(Cl)cc3Cl)N=CN2N1. The summed E-state index contributed by atoms with van der Waals surface area (Å²) in [5, 5.41) is 9.20. The second-order valence-electron chi connectivity index (χ2n) is 5.38. The van der Waals surface area contributed by atoms with E-state index in [1.165, 1.54) is 11.8 Å². The monoisotopic (exact) mass is 398 g/mol. The molecule has 0 saturated heterocycles. The van der Waals surface area contributed by atoms with E-state index in [2.05, 4.69) is 16.0 Å². The van der Waals surface area contributed by atoms with Crippen LogP contribution >= 0.6 is 35.0 Å². The van der Waals surface area contributed by atoms with Crippen LogP contribution in [0.2, 0.25) is 10.0 Å². The van der Waals surface area contributed by atoms with Gasteiger partial charge >= 0.3 is 0 Å². The smallest absolute Gasteiger partial charge is 0.244 e. The van der Waals surface area contributed by atoms with Crippen LogP contribution in [0.1, 0.15) is 12.5 Å².